The minimum Gasteiger partial charge on any atom is -0.398 e. The van der Waals surface area contributed by atoms with Gasteiger partial charge in [-0.3, -0.25) is 4.79 Å². The van der Waals surface area contributed by atoms with Crippen LogP contribution in [-0.2, 0) is 6.42 Å². The highest BCUT2D eigenvalue weighted by Gasteiger charge is 2.28. The smallest absolute Gasteiger partial charge is 0.254 e. The maximum absolute atomic E-state index is 12.7. The molecule has 1 aliphatic heterocycles. The van der Waals surface area contributed by atoms with Crippen molar-refractivity contribution in [2.45, 2.75) is 45.6 Å². The van der Waals surface area contributed by atoms with Crippen molar-refractivity contribution in [1.29, 1.82) is 0 Å². The summed E-state index contributed by atoms with van der Waals surface area (Å²) in [4.78, 5) is 14.6. The van der Waals surface area contributed by atoms with Crippen molar-refractivity contribution < 1.29 is 4.79 Å². The molecule has 0 bridgehead atoms. The van der Waals surface area contributed by atoms with Crippen LogP contribution in [0, 0.1) is 6.92 Å². The largest absolute Gasteiger partial charge is 0.398 e. The molecule has 0 aromatic heterocycles. The van der Waals surface area contributed by atoms with Crippen LogP contribution in [-0.4, -0.2) is 23.4 Å². The number of nitrogen functional groups attached to an aromatic ring is 1. The van der Waals surface area contributed by atoms with Crippen molar-refractivity contribution in [3.05, 3.63) is 41.5 Å². The van der Waals surface area contributed by atoms with Crippen LogP contribution < -0.4 is 5.73 Å². The van der Waals surface area contributed by atoms with Crippen LogP contribution in [0.3, 0.4) is 0 Å². The number of likely N-dealkylation sites (tertiary alicyclic amines) is 1. The summed E-state index contributed by atoms with van der Waals surface area (Å²) < 4.78 is 0. The minimum absolute atomic E-state index is 0.0830. The molecule has 1 aromatic carbocycles. The Balaban J connectivity index is 2.30. The Morgan fingerprint density at radius 1 is 1.55 bits per heavy atom. The van der Waals surface area contributed by atoms with E-state index in [0.29, 0.717) is 0 Å². The van der Waals surface area contributed by atoms with Crippen molar-refractivity contribution in [1.82, 2.24) is 4.90 Å². The van der Waals surface area contributed by atoms with Crippen molar-refractivity contribution in [2.75, 3.05) is 12.3 Å². The summed E-state index contributed by atoms with van der Waals surface area (Å²) >= 11 is 0. The SMILES string of the molecule is C=CC1CCCN1C(=O)c1cc(N)c(CCC)cc1C. The van der Waals surface area contributed by atoms with Crippen LogP contribution in [0.4, 0.5) is 5.69 Å². The Morgan fingerprint density at radius 2 is 2.30 bits per heavy atom. The summed E-state index contributed by atoms with van der Waals surface area (Å²) in [5.74, 6) is 0.0830. The first kappa shape index (κ1) is 14.6. The van der Waals surface area contributed by atoms with Gasteiger partial charge in [-0.15, -0.1) is 6.58 Å². The van der Waals surface area contributed by atoms with Gasteiger partial charge in [0.2, 0.25) is 0 Å². The summed E-state index contributed by atoms with van der Waals surface area (Å²) in [5, 5.41) is 0. The fourth-order valence-corrected chi connectivity index (χ4v) is 2.95. The third kappa shape index (κ3) is 2.72. The fraction of sp³-hybridized carbons (Fsp3) is 0.471. The number of hydrogen-bond donors (Lipinski definition) is 1. The van der Waals surface area contributed by atoms with E-state index in [0.717, 1.165) is 54.6 Å². The van der Waals surface area contributed by atoms with E-state index >= 15 is 0 Å². The van der Waals surface area contributed by atoms with Gasteiger partial charge in [0.1, 0.15) is 0 Å². The van der Waals surface area contributed by atoms with E-state index < -0.39 is 0 Å². The Kier molecular flexibility index (Phi) is 4.48. The number of hydrogen-bond acceptors (Lipinski definition) is 2. The van der Waals surface area contributed by atoms with Gasteiger partial charge in [0.15, 0.2) is 0 Å². The number of carbonyl (C=O) groups excluding carboxylic acids is 1. The first-order valence-electron chi connectivity index (χ1n) is 7.41. The molecule has 0 aliphatic carbocycles. The van der Waals surface area contributed by atoms with Gasteiger partial charge in [-0.1, -0.05) is 25.5 Å². The Bertz CT molecular complexity index is 522. The number of aryl methyl sites for hydroxylation is 2. The molecule has 1 heterocycles. The molecule has 2 N–H and O–H groups in total. The van der Waals surface area contributed by atoms with Gasteiger partial charge < -0.3 is 10.6 Å². The van der Waals surface area contributed by atoms with Crippen molar-refractivity contribution >= 4 is 11.6 Å². The molecule has 3 heteroatoms. The first-order valence-corrected chi connectivity index (χ1v) is 7.41. The number of nitrogens with zero attached hydrogens (tertiary/aromatic N) is 1. The number of rotatable bonds is 4. The van der Waals surface area contributed by atoms with E-state index in [9.17, 15) is 4.79 Å². The van der Waals surface area contributed by atoms with Gasteiger partial charge in [-0.2, -0.15) is 0 Å². The molecule has 20 heavy (non-hydrogen) atoms. The molecule has 108 valence electrons. The summed E-state index contributed by atoms with van der Waals surface area (Å²) in [7, 11) is 0. The zero-order valence-corrected chi connectivity index (χ0v) is 12.5. The Morgan fingerprint density at radius 3 is 2.95 bits per heavy atom. The number of amides is 1. The van der Waals surface area contributed by atoms with Crippen LogP contribution in [0.1, 0.15) is 47.7 Å². The molecule has 1 amide bonds. The normalized spacial score (nSPS) is 18.3. The standard InChI is InChI=1S/C17H24N2O/c1-4-7-13-10-12(3)15(11-16(13)18)17(20)19-9-6-8-14(19)5-2/h5,10-11,14H,2,4,6-9,18H2,1,3H3. The zero-order valence-electron chi connectivity index (χ0n) is 12.5. The molecular weight excluding hydrogens is 248 g/mol. The molecule has 1 fully saturated rings. The van der Waals surface area contributed by atoms with E-state index in [1.807, 2.05) is 24.0 Å². The molecule has 1 saturated heterocycles. The minimum atomic E-state index is 0.0830. The summed E-state index contributed by atoms with van der Waals surface area (Å²) in [5.41, 5.74) is 9.71. The van der Waals surface area contributed by atoms with Gasteiger partial charge in [0, 0.05) is 17.8 Å². The van der Waals surface area contributed by atoms with Gasteiger partial charge in [0.25, 0.3) is 5.91 Å². The van der Waals surface area contributed by atoms with Crippen LogP contribution in [0.2, 0.25) is 0 Å². The van der Waals surface area contributed by atoms with Gasteiger partial charge in [-0.05, 0) is 43.4 Å². The maximum atomic E-state index is 12.7. The highest BCUT2D eigenvalue weighted by atomic mass is 16.2. The second-order valence-corrected chi connectivity index (χ2v) is 5.56. The van der Waals surface area contributed by atoms with Gasteiger partial charge in [-0.25, -0.2) is 0 Å². The number of anilines is 1. The molecule has 0 radical (unpaired) electrons. The van der Waals surface area contributed by atoms with Crippen molar-refractivity contribution in [3.63, 3.8) is 0 Å². The fourth-order valence-electron chi connectivity index (χ4n) is 2.95. The lowest BCUT2D eigenvalue weighted by Crippen LogP contribution is -2.34. The first-order chi connectivity index (χ1) is 9.58. The lowest BCUT2D eigenvalue weighted by Gasteiger charge is -2.23. The Hall–Kier alpha value is -1.77. The molecule has 2 rings (SSSR count). The monoisotopic (exact) mass is 272 g/mol. The average molecular weight is 272 g/mol. The molecular formula is C17H24N2O. The van der Waals surface area contributed by atoms with Crippen LogP contribution in [0.5, 0.6) is 0 Å². The summed E-state index contributed by atoms with van der Waals surface area (Å²) in [6.07, 6.45) is 5.94. The molecule has 1 aliphatic rings. The summed E-state index contributed by atoms with van der Waals surface area (Å²) in [6, 6.07) is 4.07. The predicted octanol–water partition coefficient (Wildman–Crippen LogP) is 3.32. The topological polar surface area (TPSA) is 46.3 Å². The molecule has 1 atom stereocenters. The molecule has 1 aromatic rings. The number of nitrogens with two attached hydrogens (primary N) is 1. The highest BCUT2D eigenvalue weighted by molar-refractivity contribution is 5.97. The molecule has 1 unspecified atom stereocenters. The van der Waals surface area contributed by atoms with Crippen molar-refractivity contribution in [3.8, 4) is 0 Å². The van der Waals surface area contributed by atoms with E-state index in [2.05, 4.69) is 19.6 Å². The predicted molar refractivity (Wildman–Crippen MR) is 83.8 cm³/mol. The second kappa shape index (κ2) is 6.12. The summed E-state index contributed by atoms with van der Waals surface area (Å²) in [6.45, 7) is 8.76. The lowest BCUT2D eigenvalue weighted by molar-refractivity contribution is 0.0761. The van der Waals surface area contributed by atoms with E-state index in [4.69, 9.17) is 5.73 Å². The third-order valence-corrected chi connectivity index (χ3v) is 4.07. The quantitative estimate of drug-likeness (QED) is 0.675. The molecule has 0 saturated carbocycles. The van der Waals surface area contributed by atoms with Gasteiger partial charge >= 0.3 is 0 Å². The third-order valence-electron chi connectivity index (χ3n) is 4.07. The van der Waals surface area contributed by atoms with Crippen LogP contribution in [0.25, 0.3) is 0 Å². The highest BCUT2D eigenvalue weighted by Crippen LogP contribution is 2.25. The molecule has 0 spiro atoms. The Labute approximate surface area is 121 Å². The van der Waals surface area contributed by atoms with Gasteiger partial charge in [0.05, 0.1) is 6.04 Å². The van der Waals surface area contributed by atoms with E-state index in [1.165, 1.54) is 0 Å². The molecule has 3 nitrogen and oxygen atoms in total. The zero-order chi connectivity index (χ0) is 14.7. The van der Waals surface area contributed by atoms with Crippen LogP contribution in [0.15, 0.2) is 24.8 Å². The lowest BCUT2D eigenvalue weighted by atomic mass is 9.99. The number of carbonyl (C=O) groups is 1. The van der Waals surface area contributed by atoms with Crippen molar-refractivity contribution in [2.24, 2.45) is 0 Å². The van der Waals surface area contributed by atoms with E-state index in [1.54, 1.807) is 0 Å². The average Bonchev–Trinajstić information content (AvgIpc) is 2.90. The number of benzene rings is 1. The maximum Gasteiger partial charge on any atom is 0.254 e. The van der Waals surface area contributed by atoms with E-state index in [-0.39, 0.29) is 11.9 Å². The second-order valence-electron chi connectivity index (χ2n) is 5.56. The van der Waals surface area contributed by atoms with Crippen LogP contribution >= 0.6 is 0 Å².